The molecule has 3 aliphatic rings. The lowest BCUT2D eigenvalue weighted by Crippen LogP contribution is -2.62. The molecule has 0 amide bonds. The largest absolute Gasteiger partial charge is 0.381 e. The molecule has 164 valence electrons. The van der Waals surface area contributed by atoms with Gasteiger partial charge in [0, 0.05) is 37.4 Å². The van der Waals surface area contributed by atoms with Crippen molar-refractivity contribution >= 4 is 5.78 Å². The van der Waals surface area contributed by atoms with Crippen LogP contribution in [0.3, 0.4) is 0 Å². The molecule has 3 rings (SSSR count). The molecule has 3 unspecified atom stereocenters. The summed E-state index contributed by atoms with van der Waals surface area (Å²) in [4.78, 5) is 14.0. The van der Waals surface area contributed by atoms with Crippen LogP contribution < -0.4 is 0 Å². The van der Waals surface area contributed by atoms with Crippen LogP contribution in [0.15, 0.2) is 0 Å². The van der Waals surface area contributed by atoms with E-state index in [4.69, 9.17) is 14.2 Å². The van der Waals surface area contributed by atoms with Gasteiger partial charge >= 0.3 is 0 Å². The summed E-state index contributed by atoms with van der Waals surface area (Å²) in [5.74, 6) is 7.44. The first-order valence-electron chi connectivity index (χ1n) is 11.3. The van der Waals surface area contributed by atoms with Gasteiger partial charge in [-0.15, -0.1) is 11.8 Å². The maximum absolute atomic E-state index is 14.0. The highest BCUT2D eigenvalue weighted by atomic mass is 16.7. The molecule has 0 saturated heterocycles. The fourth-order valence-corrected chi connectivity index (χ4v) is 7.33. The van der Waals surface area contributed by atoms with Crippen LogP contribution in [-0.2, 0) is 19.0 Å². The van der Waals surface area contributed by atoms with E-state index in [9.17, 15) is 4.79 Å². The second kappa shape index (κ2) is 8.33. The third-order valence-corrected chi connectivity index (χ3v) is 9.19. The smallest absolute Gasteiger partial charge is 0.146 e. The Morgan fingerprint density at radius 3 is 2.45 bits per heavy atom. The average molecular weight is 405 g/mol. The summed E-state index contributed by atoms with van der Waals surface area (Å²) < 4.78 is 17.8. The van der Waals surface area contributed by atoms with Crippen molar-refractivity contribution in [1.82, 2.24) is 0 Å². The molecule has 8 atom stereocenters. The molecule has 2 bridgehead atoms. The quantitative estimate of drug-likeness (QED) is 0.485. The van der Waals surface area contributed by atoms with E-state index >= 15 is 0 Å². The number of carbonyl (C=O) groups is 1. The van der Waals surface area contributed by atoms with Gasteiger partial charge in [-0.05, 0) is 56.3 Å². The molecule has 0 spiro atoms. The summed E-state index contributed by atoms with van der Waals surface area (Å²) in [6.45, 7) is 11.2. The minimum atomic E-state index is -0.498. The molecule has 0 aliphatic heterocycles. The molecule has 4 nitrogen and oxygen atoms in total. The minimum absolute atomic E-state index is 0.00494. The van der Waals surface area contributed by atoms with Crippen LogP contribution in [0.1, 0.15) is 73.1 Å². The molecule has 3 fully saturated rings. The van der Waals surface area contributed by atoms with Crippen molar-refractivity contribution in [3.8, 4) is 11.8 Å². The standard InChI is InChI=1S/C25H40O4/c1-8-9-12-23(4)15-20(29-16-27-6)24(5)17(2)10-13-25(18(3)22(23)26)14-11-19(28-7)21(24)25/h17-21H,10-16H2,1-7H3/t17-,18+,19?,20-,21?,23-,24+,25?/m1/s1. The van der Waals surface area contributed by atoms with Crippen LogP contribution >= 0.6 is 0 Å². The van der Waals surface area contributed by atoms with Gasteiger partial charge < -0.3 is 14.2 Å². The van der Waals surface area contributed by atoms with Gasteiger partial charge in [0.2, 0.25) is 0 Å². The highest BCUT2D eigenvalue weighted by Gasteiger charge is 2.68. The van der Waals surface area contributed by atoms with Gasteiger partial charge in [-0.3, -0.25) is 4.79 Å². The lowest BCUT2D eigenvalue weighted by atomic mass is 9.44. The summed E-state index contributed by atoms with van der Waals surface area (Å²) >= 11 is 0. The molecule has 0 aromatic carbocycles. The van der Waals surface area contributed by atoms with Crippen molar-refractivity contribution in [3.63, 3.8) is 0 Å². The number of methoxy groups -OCH3 is 2. The van der Waals surface area contributed by atoms with Crippen molar-refractivity contribution in [1.29, 1.82) is 0 Å². The van der Waals surface area contributed by atoms with Crippen molar-refractivity contribution < 1.29 is 19.0 Å². The van der Waals surface area contributed by atoms with E-state index in [1.165, 1.54) is 0 Å². The number of rotatable bonds is 5. The molecule has 0 N–H and O–H groups in total. The summed E-state index contributed by atoms with van der Waals surface area (Å²) in [5, 5.41) is 0. The monoisotopic (exact) mass is 404 g/mol. The first-order chi connectivity index (χ1) is 13.7. The van der Waals surface area contributed by atoms with Crippen LogP contribution in [0.4, 0.5) is 0 Å². The van der Waals surface area contributed by atoms with E-state index in [-0.39, 0.29) is 35.7 Å². The fourth-order valence-electron chi connectivity index (χ4n) is 7.33. The molecule has 0 radical (unpaired) electrons. The van der Waals surface area contributed by atoms with Gasteiger partial charge in [0.25, 0.3) is 0 Å². The number of ketones is 1. The number of Topliss-reactive ketones (excluding diaryl/α,β-unsaturated/α-hetero) is 1. The number of carbonyl (C=O) groups excluding carboxylic acids is 1. The van der Waals surface area contributed by atoms with Gasteiger partial charge in [0.05, 0.1) is 12.2 Å². The zero-order chi connectivity index (χ0) is 21.4. The Hall–Kier alpha value is -0.890. The zero-order valence-electron chi connectivity index (χ0n) is 19.5. The van der Waals surface area contributed by atoms with Crippen molar-refractivity contribution in [2.75, 3.05) is 21.0 Å². The molecule has 0 aromatic rings. The van der Waals surface area contributed by atoms with Crippen molar-refractivity contribution in [2.24, 2.45) is 34.0 Å². The number of ether oxygens (including phenoxy) is 3. The Bertz CT molecular complexity index is 678. The van der Waals surface area contributed by atoms with E-state index in [0.717, 1.165) is 25.7 Å². The fraction of sp³-hybridized carbons (Fsp3) is 0.880. The van der Waals surface area contributed by atoms with Gasteiger partial charge in [-0.2, -0.15) is 0 Å². The van der Waals surface area contributed by atoms with E-state index in [1.807, 2.05) is 14.0 Å². The Kier molecular flexibility index (Phi) is 6.54. The molecular weight excluding hydrogens is 364 g/mol. The molecule has 0 heterocycles. The van der Waals surface area contributed by atoms with Gasteiger partial charge in [-0.25, -0.2) is 0 Å². The Balaban J connectivity index is 2.18. The van der Waals surface area contributed by atoms with Crippen LogP contribution in [0.25, 0.3) is 0 Å². The zero-order valence-corrected chi connectivity index (χ0v) is 19.5. The summed E-state index contributed by atoms with van der Waals surface area (Å²) in [7, 11) is 3.51. The highest BCUT2D eigenvalue weighted by Crippen LogP contribution is 2.68. The van der Waals surface area contributed by atoms with Crippen LogP contribution in [0, 0.1) is 45.8 Å². The summed E-state index contributed by atoms with van der Waals surface area (Å²) in [5.41, 5.74) is -0.568. The van der Waals surface area contributed by atoms with Crippen LogP contribution in [0.5, 0.6) is 0 Å². The third kappa shape index (κ3) is 3.38. The molecule has 3 aliphatic carbocycles. The molecule has 3 saturated carbocycles. The molecule has 4 heteroatoms. The van der Waals surface area contributed by atoms with Crippen molar-refractivity contribution in [2.45, 2.75) is 85.4 Å². The molecule has 0 aromatic heterocycles. The summed E-state index contributed by atoms with van der Waals surface area (Å²) in [6, 6.07) is 0. The van der Waals surface area contributed by atoms with E-state index < -0.39 is 5.41 Å². The normalized spacial score (nSPS) is 47.0. The Labute approximate surface area is 177 Å². The Morgan fingerprint density at radius 1 is 1.14 bits per heavy atom. The predicted molar refractivity (Wildman–Crippen MR) is 114 cm³/mol. The lowest BCUT2D eigenvalue weighted by molar-refractivity contribution is -0.219. The van der Waals surface area contributed by atoms with Crippen molar-refractivity contribution in [3.05, 3.63) is 0 Å². The first-order valence-corrected chi connectivity index (χ1v) is 11.3. The second-order valence-electron chi connectivity index (χ2n) is 10.3. The van der Waals surface area contributed by atoms with Crippen LogP contribution in [0.2, 0.25) is 0 Å². The topological polar surface area (TPSA) is 44.8 Å². The number of hydrogen-bond donors (Lipinski definition) is 0. The maximum atomic E-state index is 14.0. The third-order valence-electron chi connectivity index (χ3n) is 9.19. The highest BCUT2D eigenvalue weighted by molar-refractivity contribution is 5.88. The molecule has 29 heavy (non-hydrogen) atoms. The molecular formula is C25H40O4. The van der Waals surface area contributed by atoms with Gasteiger partial charge in [0.15, 0.2) is 0 Å². The van der Waals surface area contributed by atoms with Crippen LogP contribution in [-0.4, -0.2) is 39.0 Å². The lowest BCUT2D eigenvalue weighted by Gasteiger charge is -2.62. The van der Waals surface area contributed by atoms with E-state index in [2.05, 4.69) is 39.5 Å². The SMILES string of the molecule is CC#CC[C@]1(C)C[C@@H](OCOC)[C@@]2(C)C3C(OC)CCC3(CC[C@H]2C)[C@@H](C)C1=O. The summed E-state index contributed by atoms with van der Waals surface area (Å²) in [6.07, 6.45) is 5.76. The first kappa shape index (κ1) is 22.8. The Morgan fingerprint density at radius 2 is 1.83 bits per heavy atom. The van der Waals surface area contributed by atoms with E-state index in [1.54, 1.807) is 7.11 Å². The van der Waals surface area contributed by atoms with Gasteiger partial charge in [0.1, 0.15) is 12.6 Å². The average Bonchev–Trinajstić information content (AvgIpc) is 3.11. The minimum Gasteiger partial charge on any atom is -0.381 e. The van der Waals surface area contributed by atoms with E-state index in [0.29, 0.717) is 30.5 Å². The maximum Gasteiger partial charge on any atom is 0.146 e. The number of hydrogen-bond acceptors (Lipinski definition) is 4. The predicted octanol–water partition coefficient (Wildman–Crippen LogP) is 4.85. The van der Waals surface area contributed by atoms with Gasteiger partial charge in [-0.1, -0.05) is 27.7 Å². The second-order valence-corrected chi connectivity index (χ2v) is 10.3.